The SMILES string of the molecule is CCOc1cccc2sc(N(CCN(CC)CC)C(=O)C3CCCN3S(=O)(=O)c3ccc(Cl)s3)nc12. The van der Waals surface area contributed by atoms with Gasteiger partial charge in [-0.1, -0.05) is 42.9 Å². The first kappa shape index (κ1) is 27.3. The maximum atomic E-state index is 14.0. The van der Waals surface area contributed by atoms with Gasteiger partial charge in [-0.05, 0) is 57.1 Å². The monoisotopic (exact) mass is 570 g/mol. The number of hydrogen-bond acceptors (Lipinski definition) is 8. The summed E-state index contributed by atoms with van der Waals surface area (Å²) in [5.74, 6) is 0.427. The van der Waals surface area contributed by atoms with Gasteiger partial charge >= 0.3 is 0 Å². The molecule has 12 heteroatoms. The number of rotatable bonds is 11. The number of benzene rings is 1. The van der Waals surface area contributed by atoms with Crippen molar-refractivity contribution in [2.75, 3.05) is 44.2 Å². The lowest BCUT2D eigenvalue weighted by Gasteiger charge is -2.29. The van der Waals surface area contributed by atoms with E-state index in [0.29, 0.717) is 59.8 Å². The molecule has 1 saturated heterocycles. The summed E-state index contributed by atoms with van der Waals surface area (Å²) in [6, 6.07) is 8.02. The van der Waals surface area contributed by atoms with Crippen LogP contribution in [-0.4, -0.2) is 73.9 Å². The molecule has 196 valence electrons. The zero-order valence-electron chi connectivity index (χ0n) is 20.6. The Morgan fingerprint density at radius 1 is 1.17 bits per heavy atom. The Morgan fingerprint density at radius 3 is 2.61 bits per heavy atom. The molecule has 1 aliphatic heterocycles. The molecule has 0 radical (unpaired) electrons. The van der Waals surface area contributed by atoms with E-state index < -0.39 is 16.1 Å². The number of likely N-dealkylation sites (N-methyl/N-ethyl adjacent to an activating group) is 1. The lowest BCUT2D eigenvalue weighted by Crippen LogP contribution is -2.49. The average Bonchev–Trinajstić information content (AvgIpc) is 3.61. The number of amides is 1. The molecule has 4 rings (SSSR count). The number of thiazole rings is 1. The summed E-state index contributed by atoms with van der Waals surface area (Å²) < 4.78 is 35.4. The number of para-hydroxylation sites is 1. The van der Waals surface area contributed by atoms with E-state index in [9.17, 15) is 13.2 Å². The van der Waals surface area contributed by atoms with Crippen LogP contribution in [0.1, 0.15) is 33.6 Å². The van der Waals surface area contributed by atoms with E-state index in [-0.39, 0.29) is 10.1 Å². The second kappa shape index (κ2) is 11.7. The van der Waals surface area contributed by atoms with E-state index in [0.717, 1.165) is 29.1 Å². The molecule has 1 amide bonds. The molecule has 3 aromatic rings. The molecule has 1 atom stereocenters. The molecule has 8 nitrogen and oxygen atoms in total. The largest absolute Gasteiger partial charge is 0.492 e. The third kappa shape index (κ3) is 5.56. The van der Waals surface area contributed by atoms with Gasteiger partial charge in [0.15, 0.2) is 5.13 Å². The molecule has 0 spiro atoms. The summed E-state index contributed by atoms with van der Waals surface area (Å²) in [5, 5.41) is 0.553. The highest BCUT2D eigenvalue weighted by Crippen LogP contribution is 2.37. The quantitative estimate of drug-likeness (QED) is 0.325. The molecule has 0 bridgehead atoms. The Labute approximate surface area is 225 Å². The molecule has 2 aromatic heterocycles. The number of halogens is 1. The van der Waals surface area contributed by atoms with Gasteiger partial charge in [0.1, 0.15) is 21.5 Å². The fourth-order valence-corrected chi connectivity index (χ4v) is 8.66. The van der Waals surface area contributed by atoms with Crippen LogP contribution in [0.2, 0.25) is 4.34 Å². The highest BCUT2D eigenvalue weighted by Gasteiger charge is 2.42. The van der Waals surface area contributed by atoms with E-state index >= 15 is 0 Å². The molecule has 1 aromatic carbocycles. The molecular weight excluding hydrogens is 540 g/mol. The molecule has 3 heterocycles. The Morgan fingerprint density at radius 2 is 1.94 bits per heavy atom. The Bertz CT molecular complexity index is 1310. The molecule has 1 aliphatic rings. The minimum absolute atomic E-state index is 0.156. The summed E-state index contributed by atoms with van der Waals surface area (Å²) in [6.45, 7) is 9.68. The Hall–Kier alpha value is -1.76. The van der Waals surface area contributed by atoms with E-state index in [1.54, 1.807) is 11.0 Å². The smallest absolute Gasteiger partial charge is 0.253 e. The zero-order chi connectivity index (χ0) is 25.9. The molecular formula is C24H31ClN4O4S3. The lowest BCUT2D eigenvalue weighted by molar-refractivity contribution is -0.121. The normalized spacial score (nSPS) is 16.8. The van der Waals surface area contributed by atoms with Crippen LogP contribution in [-0.2, 0) is 14.8 Å². The van der Waals surface area contributed by atoms with Crippen molar-refractivity contribution in [1.29, 1.82) is 0 Å². The fourth-order valence-electron chi connectivity index (χ4n) is 4.39. The topological polar surface area (TPSA) is 83.0 Å². The molecule has 0 N–H and O–H groups in total. The van der Waals surface area contributed by atoms with Gasteiger partial charge in [0.05, 0.1) is 15.6 Å². The highest BCUT2D eigenvalue weighted by molar-refractivity contribution is 7.91. The molecule has 36 heavy (non-hydrogen) atoms. The van der Waals surface area contributed by atoms with Crippen molar-refractivity contribution in [1.82, 2.24) is 14.2 Å². The van der Waals surface area contributed by atoms with E-state index in [2.05, 4.69) is 18.7 Å². The maximum absolute atomic E-state index is 14.0. The number of aromatic nitrogens is 1. The number of sulfonamides is 1. The van der Waals surface area contributed by atoms with Crippen LogP contribution in [0.3, 0.4) is 0 Å². The first-order chi connectivity index (χ1) is 17.3. The minimum atomic E-state index is -3.83. The summed E-state index contributed by atoms with van der Waals surface area (Å²) >= 11 is 8.44. The fraction of sp³-hybridized carbons (Fsp3) is 0.500. The lowest BCUT2D eigenvalue weighted by atomic mass is 10.2. The van der Waals surface area contributed by atoms with Gasteiger partial charge in [0.25, 0.3) is 10.0 Å². The molecule has 0 saturated carbocycles. The van der Waals surface area contributed by atoms with Crippen molar-refractivity contribution >= 4 is 65.6 Å². The molecule has 1 unspecified atom stereocenters. The van der Waals surface area contributed by atoms with Crippen molar-refractivity contribution in [2.45, 2.75) is 43.9 Å². The first-order valence-electron chi connectivity index (χ1n) is 12.1. The van der Waals surface area contributed by atoms with Crippen LogP contribution in [0.5, 0.6) is 5.75 Å². The number of carbonyl (C=O) groups excluding carboxylic acids is 1. The highest BCUT2D eigenvalue weighted by atomic mass is 35.5. The van der Waals surface area contributed by atoms with Crippen molar-refractivity contribution < 1.29 is 17.9 Å². The maximum Gasteiger partial charge on any atom is 0.253 e. The second-order valence-electron chi connectivity index (χ2n) is 8.38. The average molecular weight is 571 g/mol. The third-order valence-corrected chi connectivity index (χ3v) is 11.0. The van der Waals surface area contributed by atoms with Gasteiger partial charge in [-0.3, -0.25) is 9.69 Å². The van der Waals surface area contributed by atoms with Gasteiger partial charge in [0, 0.05) is 19.6 Å². The van der Waals surface area contributed by atoms with E-state index in [1.165, 1.54) is 21.7 Å². The second-order valence-corrected chi connectivity index (χ2v) is 13.2. The van der Waals surface area contributed by atoms with Crippen LogP contribution >= 0.6 is 34.3 Å². The summed E-state index contributed by atoms with van der Waals surface area (Å²) in [6.07, 6.45) is 1.08. The molecule has 0 aliphatic carbocycles. The molecule has 1 fully saturated rings. The van der Waals surface area contributed by atoms with Crippen LogP contribution < -0.4 is 9.64 Å². The number of carbonyl (C=O) groups is 1. The predicted molar refractivity (Wildman–Crippen MR) is 147 cm³/mol. The van der Waals surface area contributed by atoms with Gasteiger partial charge < -0.3 is 9.64 Å². The summed E-state index contributed by atoms with van der Waals surface area (Å²) in [4.78, 5) is 22.7. The van der Waals surface area contributed by atoms with Gasteiger partial charge in [-0.25, -0.2) is 13.4 Å². The van der Waals surface area contributed by atoms with Crippen LogP contribution in [0.4, 0.5) is 5.13 Å². The number of nitrogens with zero attached hydrogens (tertiary/aromatic N) is 4. The van der Waals surface area contributed by atoms with E-state index in [1.807, 2.05) is 25.1 Å². The van der Waals surface area contributed by atoms with Gasteiger partial charge in [-0.15, -0.1) is 11.3 Å². The number of thiophene rings is 1. The first-order valence-corrected chi connectivity index (χ1v) is 15.6. The van der Waals surface area contributed by atoms with Crippen molar-refractivity contribution in [2.24, 2.45) is 0 Å². The Balaban J connectivity index is 1.69. The van der Waals surface area contributed by atoms with Gasteiger partial charge in [0.2, 0.25) is 5.91 Å². The summed E-state index contributed by atoms with van der Waals surface area (Å²) in [5.41, 5.74) is 0.712. The number of anilines is 1. The van der Waals surface area contributed by atoms with E-state index in [4.69, 9.17) is 21.3 Å². The number of hydrogen-bond donors (Lipinski definition) is 0. The Kier molecular flexibility index (Phi) is 8.90. The van der Waals surface area contributed by atoms with Crippen LogP contribution in [0.25, 0.3) is 10.2 Å². The van der Waals surface area contributed by atoms with Gasteiger partial charge in [-0.2, -0.15) is 4.31 Å². The van der Waals surface area contributed by atoms with Crippen molar-refractivity contribution in [3.8, 4) is 5.75 Å². The van der Waals surface area contributed by atoms with Crippen molar-refractivity contribution in [3.63, 3.8) is 0 Å². The minimum Gasteiger partial charge on any atom is -0.492 e. The third-order valence-electron chi connectivity index (χ3n) is 6.30. The van der Waals surface area contributed by atoms with Crippen LogP contribution in [0.15, 0.2) is 34.5 Å². The van der Waals surface area contributed by atoms with Crippen LogP contribution in [0, 0.1) is 0 Å². The van der Waals surface area contributed by atoms with Crippen molar-refractivity contribution in [3.05, 3.63) is 34.7 Å². The number of fused-ring (bicyclic) bond motifs is 1. The summed E-state index contributed by atoms with van der Waals surface area (Å²) in [7, 11) is -3.83. The number of ether oxygens (including phenoxy) is 1. The standard InChI is InChI=1S/C24H31ClN4O4S3/c1-4-27(5-2)15-16-28(24-26-22-18(33-6-3)10-7-11-19(22)34-24)23(30)17-9-8-14-29(17)36(31,32)21-13-12-20(25)35-21/h7,10-13,17H,4-6,8-9,14-16H2,1-3H3. The zero-order valence-corrected chi connectivity index (χ0v) is 23.9. The predicted octanol–water partition coefficient (Wildman–Crippen LogP) is 4.94.